The Balaban J connectivity index is 1.68. The van der Waals surface area contributed by atoms with Crippen LogP contribution in [0.15, 0.2) is 0 Å². The molecule has 1 saturated heterocycles. The van der Waals surface area contributed by atoms with E-state index in [0.717, 1.165) is 51.4 Å². The highest BCUT2D eigenvalue weighted by atomic mass is 16.8. The zero-order valence-electron chi connectivity index (χ0n) is 10.5. The van der Waals surface area contributed by atoms with Gasteiger partial charge in [-0.15, -0.1) is 0 Å². The summed E-state index contributed by atoms with van der Waals surface area (Å²) in [5, 5.41) is 21.1. The monoisotopic (exact) mass is 240 g/mol. The maximum absolute atomic E-state index is 10.6. The van der Waals surface area contributed by atoms with Crippen LogP contribution in [0.25, 0.3) is 0 Å². The van der Waals surface area contributed by atoms with Crippen LogP contribution in [0.2, 0.25) is 0 Å². The van der Waals surface area contributed by atoms with Crippen LogP contribution in [-0.2, 0) is 4.74 Å². The Hall–Kier alpha value is -0.120. The summed E-state index contributed by atoms with van der Waals surface area (Å²) in [6.07, 6.45) is 11.2. The van der Waals surface area contributed by atoms with E-state index in [1.54, 1.807) is 0 Å². The zero-order chi connectivity index (χ0) is 11.9. The predicted molar refractivity (Wildman–Crippen MR) is 64.1 cm³/mol. The van der Waals surface area contributed by atoms with Gasteiger partial charge in [0, 0.05) is 11.8 Å². The average Bonchev–Trinajstić information content (AvgIpc) is 2.97. The fraction of sp³-hybridized carbons (Fsp3) is 1.00. The summed E-state index contributed by atoms with van der Waals surface area (Å²) < 4.78 is 5.48. The lowest BCUT2D eigenvalue weighted by Gasteiger charge is -2.30. The van der Waals surface area contributed by atoms with Crippen LogP contribution in [0.3, 0.4) is 0 Å². The van der Waals surface area contributed by atoms with Crippen molar-refractivity contribution in [1.29, 1.82) is 0 Å². The minimum absolute atomic E-state index is 0.156. The van der Waals surface area contributed by atoms with Crippen LogP contribution < -0.4 is 0 Å². The molecule has 3 rings (SSSR count). The van der Waals surface area contributed by atoms with Crippen LogP contribution in [0, 0.1) is 11.8 Å². The van der Waals surface area contributed by atoms with E-state index in [1.807, 2.05) is 0 Å². The molecule has 0 spiro atoms. The van der Waals surface area contributed by atoms with Crippen molar-refractivity contribution in [3.63, 3.8) is 0 Å². The second kappa shape index (κ2) is 4.22. The largest absolute Gasteiger partial charge is 0.361 e. The van der Waals surface area contributed by atoms with Crippen molar-refractivity contribution in [3.05, 3.63) is 0 Å². The van der Waals surface area contributed by atoms with Crippen LogP contribution in [0.4, 0.5) is 0 Å². The highest BCUT2D eigenvalue weighted by molar-refractivity contribution is 5.08. The number of rotatable bonds is 2. The number of ether oxygens (including phenoxy) is 1. The second-order valence-corrected chi connectivity index (χ2v) is 6.16. The first-order valence-corrected chi connectivity index (χ1v) is 7.32. The number of epoxide rings is 1. The topological polar surface area (TPSA) is 53.0 Å². The molecular weight excluding hydrogens is 216 g/mol. The number of aliphatic hydroxyl groups is 2. The van der Waals surface area contributed by atoms with Crippen molar-refractivity contribution >= 4 is 0 Å². The Morgan fingerprint density at radius 2 is 1.00 bits per heavy atom. The van der Waals surface area contributed by atoms with Gasteiger partial charge in [0.15, 0.2) is 0 Å². The molecule has 2 unspecified atom stereocenters. The molecule has 2 N–H and O–H groups in total. The third-order valence-electron chi connectivity index (χ3n) is 5.10. The van der Waals surface area contributed by atoms with Gasteiger partial charge in [-0.25, -0.2) is 0 Å². The molecule has 0 radical (unpaired) electrons. The van der Waals surface area contributed by atoms with E-state index in [2.05, 4.69) is 0 Å². The Bertz CT molecular complexity index is 253. The molecule has 0 aromatic carbocycles. The molecule has 17 heavy (non-hydrogen) atoms. The lowest BCUT2D eigenvalue weighted by molar-refractivity contribution is -0.0623. The van der Waals surface area contributed by atoms with Crippen molar-refractivity contribution in [3.8, 4) is 0 Å². The summed E-state index contributed by atoms with van der Waals surface area (Å²) in [5.41, 5.74) is 0. The smallest absolute Gasteiger partial charge is 0.227 e. The lowest BCUT2D eigenvalue weighted by atomic mass is 9.77. The molecule has 2 saturated carbocycles. The van der Waals surface area contributed by atoms with E-state index in [-0.39, 0.29) is 11.8 Å². The van der Waals surface area contributed by atoms with Gasteiger partial charge >= 0.3 is 0 Å². The molecule has 0 amide bonds. The van der Waals surface area contributed by atoms with E-state index in [1.165, 1.54) is 12.8 Å². The number of hydrogen-bond donors (Lipinski definition) is 2. The normalized spacial score (nSPS) is 44.8. The minimum atomic E-state index is -1.21. The van der Waals surface area contributed by atoms with E-state index < -0.39 is 11.6 Å². The third kappa shape index (κ3) is 1.83. The third-order valence-corrected chi connectivity index (χ3v) is 5.10. The Morgan fingerprint density at radius 1 is 0.647 bits per heavy atom. The van der Waals surface area contributed by atoms with Gasteiger partial charge in [-0.2, -0.15) is 0 Å². The molecule has 2 atom stereocenters. The highest BCUT2D eigenvalue weighted by Gasteiger charge is 2.75. The molecule has 2 aliphatic carbocycles. The fourth-order valence-corrected chi connectivity index (χ4v) is 3.95. The van der Waals surface area contributed by atoms with Gasteiger partial charge in [0.2, 0.25) is 11.6 Å². The minimum Gasteiger partial charge on any atom is -0.361 e. The zero-order valence-corrected chi connectivity index (χ0v) is 10.5. The maximum atomic E-state index is 10.6. The number of hydrogen-bond acceptors (Lipinski definition) is 3. The van der Waals surface area contributed by atoms with E-state index in [0.29, 0.717) is 0 Å². The maximum Gasteiger partial charge on any atom is 0.227 e. The molecule has 3 aliphatic rings. The first-order valence-electron chi connectivity index (χ1n) is 7.32. The quantitative estimate of drug-likeness (QED) is 0.729. The molecule has 1 heterocycles. The summed E-state index contributed by atoms with van der Waals surface area (Å²) in [5.74, 6) is -2.11. The highest BCUT2D eigenvalue weighted by Crippen LogP contribution is 2.59. The molecule has 3 fully saturated rings. The lowest BCUT2D eigenvalue weighted by Crippen LogP contribution is -2.40. The van der Waals surface area contributed by atoms with Crippen LogP contribution >= 0.6 is 0 Å². The van der Waals surface area contributed by atoms with E-state index >= 15 is 0 Å². The van der Waals surface area contributed by atoms with Crippen LogP contribution in [0.1, 0.15) is 64.2 Å². The first kappa shape index (κ1) is 11.9. The molecule has 98 valence electrons. The molecule has 0 bridgehead atoms. The first-order chi connectivity index (χ1) is 8.17. The van der Waals surface area contributed by atoms with Crippen molar-refractivity contribution in [1.82, 2.24) is 0 Å². The fourth-order valence-electron chi connectivity index (χ4n) is 3.95. The Morgan fingerprint density at radius 3 is 1.35 bits per heavy atom. The summed E-state index contributed by atoms with van der Waals surface area (Å²) in [4.78, 5) is 0. The molecular formula is C14H24O3. The predicted octanol–water partition coefficient (Wildman–Crippen LogP) is 2.55. The van der Waals surface area contributed by atoms with Crippen LogP contribution in [0.5, 0.6) is 0 Å². The van der Waals surface area contributed by atoms with Crippen molar-refractivity contribution in [2.75, 3.05) is 0 Å². The van der Waals surface area contributed by atoms with Gasteiger partial charge in [0.1, 0.15) is 0 Å². The van der Waals surface area contributed by atoms with Gasteiger partial charge in [0.25, 0.3) is 0 Å². The summed E-state index contributed by atoms with van der Waals surface area (Å²) >= 11 is 0. The summed E-state index contributed by atoms with van der Waals surface area (Å²) in [6, 6.07) is 0. The summed E-state index contributed by atoms with van der Waals surface area (Å²) in [6.45, 7) is 0. The van der Waals surface area contributed by atoms with Crippen molar-refractivity contribution in [2.24, 2.45) is 11.8 Å². The van der Waals surface area contributed by atoms with E-state index in [9.17, 15) is 10.2 Å². The molecule has 0 aromatic rings. The molecule has 3 nitrogen and oxygen atoms in total. The van der Waals surface area contributed by atoms with Gasteiger partial charge < -0.3 is 14.9 Å². The second-order valence-electron chi connectivity index (χ2n) is 6.16. The van der Waals surface area contributed by atoms with Gasteiger partial charge in [-0.3, -0.25) is 0 Å². The standard InChI is InChI=1S/C14H24O3/c15-13(11-7-3-1-4-8-11)14(16,17-13)12-9-5-2-6-10-12/h11-12,15-16H,1-10H2. The average molecular weight is 240 g/mol. The van der Waals surface area contributed by atoms with Crippen molar-refractivity contribution in [2.45, 2.75) is 75.8 Å². The molecule has 3 heteroatoms. The Kier molecular flexibility index (Phi) is 2.96. The van der Waals surface area contributed by atoms with Gasteiger partial charge in [-0.1, -0.05) is 38.5 Å². The van der Waals surface area contributed by atoms with E-state index in [4.69, 9.17) is 4.74 Å². The van der Waals surface area contributed by atoms with Crippen molar-refractivity contribution < 1.29 is 14.9 Å². The summed E-state index contributed by atoms with van der Waals surface area (Å²) in [7, 11) is 0. The molecule has 0 aromatic heterocycles. The SMILES string of the molecule is OC1(C2CCCCC2)OC1(O)C1CCCCC1. The Labute approximate surface area is 103 Å². The van der Waals surface area contributed by atoms with Gasteiger partial charge in [0.05, 0.1) is 0 Å². The molecule has 1 aliphatic heterocycles. The van der Waals surface area contributed by atoms with Gasteiger partial charge in [-0.05, 0) is 25.7 Å². The van der Waals surface area contributed by atoms with Crippen LogP contribution in [-0.4, -0.2) is 21.8 Å².